The number of rotatable bonds is 2. The van der Waals surface area contributed by atoms with Crippen molar-refractivity contribution in [3.63, 3.8) is 0 Å². The smallest absolute Gasteiger partial charge is 0.408 e. The van der Waals surface area contributed by atoms with Gasteiger partial charge in [0, 0.05) is 0 Å². The first-order chi connectivity index (χ1) is 9.54. The predicted molar refractivity (Wildman–Crippen MR) is 81.0 cm³/mol. The summed E-state index contributed by atoms with van der Waals surface area (Å²) in [5.74, 6) is -0.488. The first-order valence-electron chi connectivity index (χ1n) is 5.76. The van der Waals surface area contributed by atoms with E-state index in [1.165, 1.54) is 0 Å². The number of hydrogen-bond acceptors (Lipinski definition) is 2. The Morgan fingerprint density at radius 1 is 1.00 bits per heavy atom. The van der Waals surface area contributed by atoms with E-state index in [9.17, 15) is 4.79 Å². The van der Waals surface area contributed by atoms with Crippen LogP contribution in [0.1, 0.15) is 16.5 Å². The van der Waals surface area contributed by atoms with Gasteiger partial charge in [0.15, 0.2) is 5.58 Å². The van der Waals surface area contributed by atoms with Crippen molar-refractivity contribution in [2.24, 2.45) is 0 Å². The second-order valence-corrected chi connectivity index (χ2v) is 5.56. The maximum atomic E-state index is 11.1. The van der Waals surface area contributed by atoms with Crippen LogP contribution in [0.15, 0.2) is 45.6 Å². The molecule has 6 heteroatoms. The summed E-state index contributed by atoms with van der Waals surface area (Å²) < 4.78 is 5.02. The number of hydrogen-bond donors (Lipinski definition) is 1. The minimum absolute atomic E-state index is 0.408. The van der Waals surface area contributed by atoms with Crippen LogP contribution in [-0.4, -0.2) is 4.98 Å². The number of nitrogens with one attached hydrogen (secondary N) is 1. The molecule has 1 atom stereocenters. The number of benzene rings is 2. The zero-order valence-electron chi connectivity index (χ0n) is 9.99. The number of fused-ring (bicyclic) bond motifs is 1. The molecule has 20 heavy (non-hydrogen) atoms. The zero-order valence-corrected chi connectivity index (χ0v) is 12.3. The first kappa shape index (κ1) is 13.6. The van der Waals surface area contributed by atoms with E-state index in [0.29, 0.717) is 21.1 Å². The van der Waals surface area contributed by atoms with Crippen LogP contribution >= 0.6 is 34.8 Å². The van der Waals surface area contributed by atoms with Gasteiger partial charge >= 0.3 is 5.76 Å². The Balaban J connectivity index is 2.04. The predicted octanol–water partition coefficient (Wildman–Crippen LogP) is 4.76. The lowest BCUT2D eigenvalue weighted by atomic mass is 10.0. The van der Waals surface area contributed by atoms with E-state index in [2.05, 4.69) is 4.98 Å². The third kappa shape index (κ3) is 2.44. The van der Waals surface area contributed by atoms with Gasteiger partial charge in [0.2, 0.25) is 0 Å². The largest absolute Gasteiger partial charge is 0.417 e. The molecule has 1 unspecified atom stereocenters. The first-order valence-corrected chi connectivity index (χ1v) is 6.95. The minimum Gasteiger partial charge on any atom is -0.408 e. The molecule has 0 aliphatic carbocycles. The fourth-order valence-corrected chi connectivity index (χ4v) is 2.56. The molecule has 1 N–H and O–H groups in total. The van der Waals surface area contributed by atoms with Crippen LogP contribution in [-0.2, 0) is 0 Å². The summed E-state index contributed by atoms with van der Waals surface area (Å²) in [5.41, 5.74) is 2.73. The maximum Gasteiger partial charge on any atom is 0.417 e. The second kappa shape index (κ2) is 5.17. The van der Waals surface area contributed by atoms with Crippen LogP contribution in [0.4, 0.5) is 0 Å². The quantitative estimate of drug-likeness (QED) is 0.690. The van der Waals surface area contributed by atoms with Gasteiger partial charge < -0.3 is 4.42 Å². The summed E-state index contributed by atoms with van der Waals surface area (Å²) in [6, 6.07) is 10.5. The molecule has 3 aromatic rings. The minimum atomic E-state index is -0.488. The van der Waals surface area contributed by atoms with E-state index < -0.39 is 11.1 Å². The Morgan fingerprint density at radius 2 is 1.70 bits per heavy atom. The molecule has 0 bridgehead atoms. The molecule has 0 aliphatic rings. The summed E-state index contributed by atoms with van der Waals surface area (Å²) in [7, 11) is 0. The van der Waals surface area contributed by atoms with Gasteiger partial charge in [-0.15, -0.1) is 11.6 Å². The van der Waals surface area contributed by atoms with Crippen molar-refractivity contribution < 1.29 is 4.42 Å². The van der Waals surface area contributed by atoms with Crippen molar-refractivity contribution in [2.45, 2.75) is 5.38 Å². The summed E-state index contributed by atoms with van der Waals surface area (Å²) in [6.07, 6.45) is 0. The average Bonchev–Trinajstić information content (AvgIpc) is 2.80. The molecule has 1 heterocycles. The van der Waals surface area contributed by atoms with Crippen LogP contribution in [0.2, 0.25) is 10.0 Å². The Morgan fingerprint density at radius 3 is 2.45 bits per heavy atom. The monoisotopic (exact) mass is 327 g/mol. The van der Waals surface area contributed by atoms with Crippen molar-refractivity contribution in [1.82, 2.24) is 4.98 Å². The molecule has 0 aliphatic heterocycles. The SMILES string of the molecule is O=c1[nH]c2ccc(C(Cl)c3ccc(Cl)c(Cl)c3)cc2o1. The molecule has 0 radical (unpaired) electrons. The number of aromatic nitrogens is 1. The fraction of sp³-hybridized carbons (Fsp3) is 0.0714. The number of aromatic amines is 1. The molecule has 0 spiro atoms. The van der Waals surface area contributed by atoms with Gasteiger partial charge in [-0.05, 0) is 35.4 Å². The number of alkyl halides is 1. The molecular formula is C14H8Cl3NO2. The van der Waals surface area contributed by atoms with Crippen molar-refractivity contribution in [3.05, 3.63) is 68.1 Å². The maximum absolute atomic E-state index is 11.1. The van der Waals surface area contributed by atoms with Crippen molar-refractivity contribution in [1.29, 1.82) is 0 Å². The van der Waals surface area contributed by atoms with Crippen molar-refractivity contribution >= 4 is 45.9 Å². The van der Waals surface area contributed by atoms with Crippen molar-refractivity contribution in [2.75, 3.05) is 0 Å². The highest BCUT2D eigenvalue weighted by Gasteiger charge is 2.14. The third-order valence-electron chi connectivity index (χ3n) is 2.97. The molecule has 2 aromatic carbocycles. The molecule has 0 fully saturated rings. The van der Waals surface area contributed by atoms with Gasteiger partial charge in [0.25, 0.3) is 0 Å². The zero-order chi connectivity index (χ0) is 14.3. The average molecular weight is 329 g/mol. The highest BCUT2D eigenvalue weighted by Crippen LogP contribution is 2.33. The number of H-pyrrole nitrogens is 1. The highest BCUT2D eigenvalue weighted by atomic mass is 35.5. The molecule has 3 rings (SSSR count). The molecule has 1 aromatic heterocycles. The van der Waals surface area contributed by atoms with Crippen LogP contribution in [0.5, 0.6) is 0 Å². The van der Waals surface area contributed by atoms with Crippen LogP contribution in [0, 0.1) is 0 Å². The van der Waals surface area contributed by atoms with E-state index in [-0.39, 0.29) is 0 Å². The lowest BCUT2D eigenvalue weighted by Gasteiger charge is -2.11. The molecule has 0 saturated heterocycles. The number of halogens is 3. The molecule has 102 valence electrons. The van der Waals surface area contributed by atoms with Gasteiger partial charge in [-0.25, -0.2) is 4.79 Å². The van der Waals surface area contributed by atoms with E-state index >= 15 is 0 Å². The van der Waals surface area contributed by atoms with Crippen molar-refractivity contribution in [3.8, 4) is 0 Å². The van der Waals surface area contributed by atoms with E-state index in [4.69, 9.17) is 39.2 Å². The van der Waals surface area contributed by atoms with Gasteiger partial charge in [0.1, 0.15) is 0 Å². The standard InChI is InChI=1S/C14H8Cl3NO2/c15-9-3-1-7(5-10(9)16)13(17)8-2-4-11-12(6-8)20-14(19)18-11/h1-6,13H,(H,18,19). The van der Waals surface area contributed by atoms with Gasteiger partial charge in [-0.3, -0.25) is 4.98 Å². The normalized spacial score (nSPS) is 12.8. The Hall–Kier alpha value is -1.42. The van der Waals surface area contributed by atoms with Gasteiger partial charge in [0.05, 0.1) is 20.9 Å². The summed E-state index contributed by atoms with van der Waals surface area (Å²) in [6.45, 7) is 0. The Kier molecular flexibility index (Phi) is 3.50. The van der Waals surface area contributed by atoms with Crippen LogP contribution < -0.4 is 5.76 Å². The number of oxazole rings is 1. The topological polar surface area (TPSA) is 46.0 Å². The van der Waals surface area contributed by atoms with Gasteiger partial charge in [-0.2, -0.15) is 0 Å². The van der Waals surface area contributed by atoms with E-state index in [0.717, 1.165) is 11.1 Å². The molecule has 3 nitrogen and oxygen atoms in total. The molecule has 0 saturated carbocycles. The molecular weight excluding hydrogens is 321 g/mol. The van der Waals surface area contributed by atoms with Gasteiger partial charge in [-0.1, -0.05) is 35.3 Å². The van der Waals surface area contributed by atoms with Crippen LogP contribution in [0.3, 0.4) is 0 Å². The van der Waals surface area contributed by atoms with E-state index in [1.807, 2.05) is 12.1 Å². The fourth-order valence-electron chi connectivity index (χ4n) is 1.98. The Bertz CT molecular complexity index is 838. The molecule has 0 amide bonds. The lowest BCUT2D eigenvalue weighted by molar-refractivity contribution is 0.555. The summed E-state index contributed by atoms with van der Waals surface area (Å²) in [5, 5.41) is 0.518. The summed E-state index contributed by atoms with van der Waals surface area (Å²) >= 11 is 18.3. The summed E-state index contributed by atoms with van der Waals surface area (Å²) in [4.78, 5) is 13.7. The Labute approximate surface area is 129 Å². The highest BCUT2D eigenvalue weighted by molar-refractivity contribution is 6.42. The third-order valence-corrected chi connectivity index (χ3v) is 4.22. The second-order valence-electron chi connectivity index (χ2n) is 4.31. The van der Waals surface area contributed by atoms with E-state index in [1.54, 1.807) is 24.3 Å². The lowest BCUT2D eigenvalue weighted by Crippen LogP contribution is -1.93. The van der Waals surface area contributed by atoms with Crippen LogP contribution in [0.25, 0.3) is 11.1 Å².